The molecule has 1 saturated heterocycles. The summed E-state index contributed by atoms with van der Waals surface area (Å²) in [5.41, 5.74) is 1.84. The topological polar surface area (TPSA) is 72.7 Å². The lowest BCUT2D eigenvalue weighted by Gasteiger charge is -2.27. The number of nitrogens with zero attached hydrogens (tertiary/aromatic N) is 2. The molecule has 0 spiro atoms. The van der Waals surface area contributed by atoms with E-state index in [4.69, 9.17) is 4.74 Å². The van der Waals surface area contributed by atoms with Gasteiger partial charge in [0.25, 0.3) is 11.6 Å². The lowest BCUT2D eigenvalue weighted by molar-refractivity contribution is -0.387. The van der Waals surface area contributed by atoms with Crippen molar-refractivity contribution in [1.82, 2.24) is 4.90 Å². The van der Waals surface area contributed by atoms with Crippen LogP contribution in [0.2, 0.25) is 0 Å². The van der Waals surface area contributed by atoms with Crippen molar-refractivity contribution < 1.29 is 14.5 Å². The highest BCUT2D eigenvalue weighted by Crippen LogP contribution is 2.39. The fourth-order valence-corrected chi connectivity index (χ4v) is 4.36. The fourth-order valence-electron chi connectivity index (χ4n) is 3.18. The van der Waals surface area contributed by atoms with Crippen LogP contribution in [0.4, 0.5) is 5.69 Å². The molecule has 1 heterocycles. The van der Waals surface area contributed by atoms with Crippen LogP contribution in [0, 0.1) is 10.1 Å². The van der Waals surface area contributed by atoms with Gasteiger partial charge in [0.1, 0.15) is 0 Å². The van der Waals surface area contributed by atoms with Gasteiger partial charge >= 0.3 is 0 Å². The molecule has 0 unspecified atom stereocenters. The number of hydrogen-bond acceptors (Lipinski definition) is 5. The zero-order chi connectivity index (χ0) is 21.0. The monoisotopic (exact) mass is 412 g/mol. The van der Waals surface area contributed by atoms with E-state index < -0.39 is 4.92 Å². The average molecular weight is 413 g/mol. The number of nitro groups is 1. The van der Waals surface area contributed by atoms with E-state index in [1.54, 1.807) is 17.0 Å². The number of benzene rings is 2. The minimum absolute atomic E-state index is 0.0259. The van der Waals surface area contributed by atoms with Crippen molar-refractivity contribution in [3.63, 3.8) is 0 Å². The number of hydrogen-bond donors (Lipinski definition) is 0. The standard InChI is InChI=1S/C22H24N2O4S/c1-15(2)18-6-4-5-7-20(18)29-21-9-8-17(14-19(21)24(26)27)16(3)22(25)23-10-12-28-13-11-23/h4-9,14-15H,3,10-13H2,1-2H3. The molecule has 0 aliphatic carbocycles. The van der Waals surface area contributed by atoms with Crippen LogP contribution in [0.1, 0.15) is 30.9 Å². The van der Waals surface area contributed by atoms with Crippen molar-refractivity contribution in [2.24, 2.45) is 0 Å². The number of nitro benzene ring substituents is 1. The van der Waals surface area contributed by atoms with Crippen molar-refractivity contribution in [1.29, 1.82) is 0 Å². The molecule has 3 rings (SSSR count). The van der Waals surface area contributed by atoms with Crippen LogP contribution >= 0.6 is 11.8 Å². The molecule has 1 aliphatic rings. The summed E-state index contributed by atoms with van der Waals surface area (Å²) in [6.07, 6.45) is 0. The lowest BCUT2D eigenvalue weighted by atomic mass is 10.0. The molecule has 2 aromatic carbocycles. The molecule has 0 radical (unpaired) electrons. The number of carbonyl (C=O) groups excluding carboxylic acids is 1. The minimum Gasteiger partial charge on any atom is -0.378 e. The summed E-state index contributed by atoms with van der Waals surface area (Å²) in [5.74, 6) is 0.0936. The maximum atomic E-state index is 12.7. The normalized spacial score (nSPS) is 14.1. The molecule has 7 heteroatoms. The molecule has 1 aliphatic heterocycles. The van der Waals surface area contributed by atoms with E-state index >= 15 is 0 Å². The third-order valence-electron chi connectivity index (χ3n) is 4.82. The number of carbonyl (C=O) groups is 1. The van der Waals surface area contributed by atoms with Crippen LogP contribution in [-0.4, -0.2) is 42.0 Å². The highest BCUT2D eigenvalue weighted by atomic mass is 32.2. The lowest BCUT2D eigenvalue weighted by Crippen LogP contribution is -2.40. The Morgan fingerprint density at radius 1 is 1.17 bits per heavy atom. The van der Waals surface area contributed by atoms with Gasteiger partial charge in [-0.2, -0.15) is 0 Å². The van der Waals surface area contributed by atoms with Crippen molar-refractivity contribution in [3.8, 4) is 0 Å². The molecule has 2 aromatic rings. The number of ether oxygens (including phenoxy) is 1. The summed E-state index contributed by atoms with van der Waals surface area (Å²) in [6.45, 7) is 10.1. The third-order valence-corrected chi connectivity index (χ3v) is 5.98. The SMILES string of the molecule is C=C(C(=O)N1CCOCC1)c1ccc(Sc2ccccc2C(C)C)c([N+](=O)[O-])c1. The highest BCUT2D eigenvalue weighted by Gasteiger charge is 2.23. The van der Waals surface area contributed by atoms with Crippen molar-refractivity contribution in [3.05, 3.63) is 70.3 Å². The van der Waals surface area contributed by atoms with Gasteiger partial charge in [0, 0.05) is 29.6 Å². The van der Waals surface area contributed by atoms with Crippen LogP contribution in [0.15, 0.2) is 58.8 Å². The molecule has 29 heavy (non-hydrogen) atoms. The van der Waals surface area contributed by atoms with Crippen LogP contribution < -0.4 is 0 Å². The van der Waals surface area contributed by atoms with Gasteiger partial charge in [0.2, 0.25) is 0 Å². The first-order valence-corrected chi connectivity index (χ1v) is 10.3. The van der Waals surface area contributed by atoms with E-state index in [9.17, 15) is 14.9 Å². The first kappa shape index (κ1) is 21.1. The van der Waals surface area contributed by atoms with Crippen molar-refractivity contribution in [2.75, 3.05) is 26.3 Å². The van der Waals surface area contributed by atoms with Crippen LogP contribution in [0.5, 0.6) is 0 Å². The van der Waals surface area contributed by atoms with Crippen LogP contribution in [-0.2, 0) is 9.53 Å². The Kier molecular flexibility index (Phi) is 6.71. The predicted octanol–water partition coefficient (Wildman–Crippen LogP) is 4.74. The van der Waals surface area contributed by atoms with Gasteiger partial charge in [-0.15, -0.1) is 0 Å². The Labute approximate surface area is 174 Å². The number of amides is 1. The molecule has 6 nitrogen and oxygen atoms in total. The average Bonchev–Trinajstić information content (AvgIpc) is 2.73. The summed E-state index contributed by atoms with van der Waals surface area (Å²) in [6, 6.07) is 12.8. The highest BCUT2D eigenvalue weighted by molar-refractivity contribution is 7.99. The molecule has 0 atom stereocenters. The summed E-state index contributed by atoms with van der Waals surface area (Å²) in [5, 5.41) is 11.7. The maximum Gasteiger partial charge on any atom is 0.283 e. The van der Waals surface area contributed by atoms with Gasteiger partial charge < -0.3 is 9.64 Å². The van der Waals surface area contributed by atoms with Crippen molar-refractivity contribution >= 4 is 28.9 Å². The van der Waals surface area contributed by atoms with Gasteiger partial charge in [0.05, 0.1) is 23.0 Å². The first-order valence-electron chi connectivity index (χ1n) is 9.50. The van der Waals surface area contributed by atoms with Crippen LogP contribution in [0.3, 0.4) is 0 Å². The summed E-state index contributed by atoms with van der Waals surface area (Å²) in [7, 11) is 0. The zero-order valence-electron chi connectivity index (χ0n) is 16.6. The van der Waals surface area contributed by atoms with E-state index in [1.807, 2.05) is 24.3 Å². The second kappa shape index (κ2) is 9.24. The summed E-state index contributed by atoms with van der Waals surface area (Å²) >= 11 is 1.37. The largest absolute Gasteiger partial charge is 0.378 e. The Balaban J connectivity index is 1.89. The summed E-state index contributed by atoms with van der Waals surface area (Å²) < 4.78 is 5.27. The van der Waals surface area contributed by atoms with Gasteiger partial charge in [0.15, 0.2) is 0 Å². The Bertz CT molecular complexity index is 936. The Hall–Kier alpha value is -2.64. The number of rotatable bonds is 6. The quantitative estimate of drug-likeness (QED) is 0.389. The molecule has 1 amide bonds. The van der Waals surface area contributed by atoms with Gasteiger partial charge in [-0.25, -0.2) is 0 Å². The maximum absolute atomic E-state index is 12.7. The van der Waals surface area contributed by atoms with Gasteiger partial charge in [-0.3, -0.25) is 14.9 Å². The fraction of sp³-hybridized carbons (Fsp3) is 0.318. The molecule has 0 aromatic heterocycles. The van der Waals surface area contributed by atoms with Gasteiger partial charge in [-0.05, 0) is 29.2 Å². The molecule has 0 bridgehead atoms. The zero-order valence-corrected chi connectivity index (χ0v) is 17.4. The predicted molar refractivity (Wildman–Crippen MR) is 114 cm³/mol. The van der Waals surface area contributed by atoms with E-state index in [-0.39, 0.29) is 17.2 Å². The molecule has 152 valence electrons. The summed E-state index contributed by atoms with van der Waals surface area (Å²) in [4.78, 5) is 27.2. The van der Waals surface area contributed by atoms with E-state index in [0.29, 0.717) is 42.7 Å². The second-order valence-electron chi connectivity index (χ2n) is 7.12. The molecule has 0 saturated carbocycles. The van der Waals surface area contributed by atoms with Crippen LogP contribution in [0.25, 0.3) is 5.57 Å². The second-order valence-corrected chi connectivity index (χ2v) is 8.20. The number of morpholine rings is 1. The minimum atomic E-state index is -0.406. The third kappa shape index (κ3) is 4.86. The van der Waals surface area contributed by atoms with Crippen molar-refractivity contribution in [2.45, 2.75) is 29.6 Å². The first-order chi connectivity index (χ1) is 13.9. The van der Waals surface area contributed by atoms with Gasteiger partial charge in [-0.1, -0.05) is 56.5 Å². The van der Waals surface area contributed by atoms with E-state index in [2.05, 4.69) is 20.4 Å². The molecular weight excluding hydrogens is 388 g/mol. The molecule has 1 fully saturated rings. The molecular formula is C22H24N2O4S. The van der Waals surface area contributed by atoms with E-state index in [1.165, 1.54) is 17.8 Å². The Morgan fingerprint density at radius 3 is 2.52 bits per heavy atom. The smallest absolute Gasteiger partial charge is 0.283 e. The Morgan fingerprint density at radius 2 is 1.86 bits per heavy atom. The van der Waals surface area contributed by atoms with E-state index in [0.717, 1.165) is 10.5 Å². The molecule has 0 N–H and O–H groups in total.